The molecule has 4 aliphatic rings. The van der Waals surface area contributed by atoms with Gasteiger partial charge in [0.2, 0.25) is 0 Å². The summed E-state index contributed by atoms with van der Waals surface area (Å²) in [6, 6.07) is 4.73. The fourth-order valence-electron chi connectivity index (χ4n) is 7.94. The second-order valence-corrected chi connectivity index (χ2v) is 11.3. The van der Waals surface area contributed by atoms with Crippen LogP contribution in [0.25, 0.3) is 0 Å². The van der Waals surface area contributed by atoms with E-state index in [0.717, 1.165) is 61.8 Å². The number of rotatable bonds is 2. The summed E-state index contributed by atoms with van der Waals surface area (Å²) < 4.78 is 38.2. The van der Waals surface area contributed by atoms with Gasteiger partial charge in [-0.15, -0.1) is 0 Å². The average Bonchev–Trinajstić information content (AvgIpc) is 3.06. The maximum Gasteiger partial charge on any atom is 0.416 e. The van der Waals surface area contributed by atoms with E-state index in [1.807, 2.05) is 0 Å². The molecule has 0 heterocycles. The molecule has 0 radical (unpaired) electrons. The minimum atomic E-state index is -4.34. The molecule has 6 heteroatoms. The normalized spacial score (nSPS) is 42.8. The van der Waals surface area contributed by atoms with Crippen LogP contribution in [-0.2, 0) is 6.18 Å². The molecule has 7 atom stereocenters. The van der Waals surface area contributed by atoms with Crippen molar-refractivity contribution in [2.75, 3.05) is 0 Å². The summed E-state index contributed by atoms with van der Waals surface area (Å²) in [5.74, 6) is 3.04. The van der Waals surface area contributed by atoms with Gasteiger partial charge in [0.25, 0.3) is 0 Å². The third-order valence-corrected chi connectivity index (χ3v) is 9.91. The monoisotopic (exact) mass is 449 g/mol. The topological polar surface area (TPSA) is 41.8 Å². The second-order valence-electron chi connectivity index (χ2n) is 11.3. The third kappa shape index (κ3) is 3.57. The fraction of sp³-hybridized carbons (Fsp3) is 0.731. The zero-order chi connectivity index (χ0) is 22.7. The first-order valence-electron chi connectivity index (χ1n) is 12.2. The molecule has 3 nitrogen and oxygen atoms in total. The molecule has 0 bridgehead atoms. The summed E-state index contributed by atoms with van der Waals surface area (Å²) in [6.45, 7) is 4.81. The quantitative estimate of drug-likeness (QED) is 0.502. The number of aliphatic hydroxyl groups is 1. The number of halogens is 3. The van der Waals surface area contributed by atoms with Crippen LogP contribution in [0.4, 0.5) is 13.2 Å². The summed E-state index contributed by atoms with van der Waals surface area (Å²) in [5, 5.41) is 15.0. The number of alkyl halides is 3. The molecule has 0 unspecified atom stereocenters. The Morgan fingerprint density at radius 3 is 2.38 bits per heavy atom. The van der Waals surface area contributed by atoms with Crippen LogP contribution in [-0.4, -0.2) is 16.9 Å². The van der Waals surface area contributed by atoms with E-state index in [1.54, 1.807) is 0 Å². The maximum absolute atomic E-state index is 12.7. The lowest BCUT2D eigenvalue weighted by Gasteiger charge is -2.60. The van der Waals surface area contributed by atoms with Crippen LogP contribution in [0.3, 0.4) is 0 Å². The molecular weight excluding hydrogens is 415 g/mol. The Bertz CT molecular complexity index is 882. The Morgan fingerprint density at radius 2 is 1.66 bits per heavy atom. The van der Waals surface area contributed by atoms with E-state index in [-0.39, 0.29) is 11.5 Å². The highest BCUT2D eigenvalue weighted by atomic mass is 19.4. The highest BCUT2D eigenvalue weighted by Gasteiger charge is 2.59. The SMILES string of the molecule is C[C@]12CC/C(=N\Oc3ccc(C(F)(F)F)cc3)C[C@@H]1CC[C@@H]1[C@@H]2CC[C@]2(C)[C@@H](O)CC[C@@H]12. The largest absolute Gasteiger partial charge is 0.416 e. The Hall–Kier alpha value is -1.56. The molecule has 176 valence electrons. The standard InChI is InChI=1S/C26H34F3NO2/c1-24-13-11-18(30-32-19-6-3-16(4-7-19)26(27,28)29)15-17(24)5-8-20-21-9-10-23(31)25(21,2)14-12-22(20)24/h3-4,6-7,17,20-23,31H,5,8-15H2,1-2H3/b30-18+/t17-,20-,21-,22-,23-,24-,25-/m0/s1. The van der Waals surface area contributed by atoms with Crippen LogP contribution >= 0.6 is 0 Å². The fourth-order valence-corrected chi connectivity index (χ4v) is 7.94. The van der Waals surface area contributed by atoms with Crippen LogP contribution in [0.15, 0.2) is 29.4 Å². The van der Waals surface area contributed by atoms with Gasteiger partial charge >= 0.3 is 6.18 Å². The van der Waals surface area contributed by atoms with Crippen molar-refractivity contribution >= 4 is 5.71 Å². The molecule has 0 spiro atoms. The zero-order valence-electron chi connectivity index (χ0n) is 19.0. The van der Waals surface area contributed by atoms with Crippen molar-refractivity contribution in [2.24, 2.45) is 39.7 Å². The van der Waals surface area contributed by atoms with Gasteiger partial charge in [-0.05, 0) is 117 Å². The maximum atomic E-state index is 12.7. The van der Waals surface area contributed by atoms with E-state index in [9.17, 15) is 18.3 Å². The van der Waals surface area contributed by atoms with Crippen LogP contribution < -0.4 is 4.84 Å². The molecule has 5 rings (SSSR count). The number of fused-ring (bicyclic) bond motifs is 5. The predicted octanol–water partition coefficient (Wildman–Crippen LogP) is 6.84. The van der Waals surface area contributed by atoms with Gasteiger partial charge in [0.05, 0.1) is 17.4 Å². The Kier molecular flexibility index (Phi) is 5.39. The van der Waals surface area contributed by atoms with Crippen molar-refractivity contribution in [2.45, 2.75) is 83.9 Å². The van der Waals surface area contributed by atoms with Gasteiger partial charge in [0.15, 0.2) is 5.75 Å². The first-order valence-corrected chi connectivity index (χ1v) is 12.2. The van der Waals surface area contributed by atoms with Gasteiger partial charge in [0, 0.05) is 0 Å². The zero-order valence-corrected chi connectivity index (χ0v) is 19.0. The van der Waals surface area contributed by atoms with Crippen molar-refractivity contribution in [1.82, 2.24) is 0 Å². The van der Waals surface area contributed by atoms with Crippen molar-refractivity contribution in [3.8, 4) is 5.75 Å². The van der Waals surface area contributed by atoms with E-state index in [1.165, 1.54) is 37.8 Å². The number of hydrogen-bond donors (Lipinski definition) is 1. The predicted molar refractivity (Wildman–Crippen MR) is 117 cm³/mol. The highest BCUT2D eigenvalue weighted by molar-refractivity contribution is 5.85. The Labute approximate surface area is 188 Å². The molecule has 4 saturated carbocycles. The lowest BCUT2D eigenvalue weighted by Crippen LogP contribution is -2.54. The summed E-state index contributed by atoms with van der Waals surface area (Å²) >= 11 is 0. The summed E-state index contributed by atoms with van der Waals surface area (Å²) in [7, 11) is 0. The van der Waals surface area contributed by atoms with Gasteiger partial charge in [-0.2, -0.15) is 13.2 Å². The van der Waals surface area contributed by atoms with Gasteiger partial charge in [-0.25, -0.2) is 0 Å². The van der Waals surface area contributed by atoms with Crippen LogP contribution in [0, 0.1) is 34.5 Å². The van der Waals surface area contributed by atoms with E-state index < -0.39 is 11.7 Å². The molecule has 0 aromatic heterocycles. The van der Waals surface area contributed by atoms with E-state index in [0.29, 0.717) is 23.0 Å². The molecule has 0 amide bonds. The van der Waals surface area contributed by atoms with Crippen LogP contribution in [0.1, 0.15) is 77.2 Å². The first kappa shape index (κ1) is 22.2. The van der Waals surface area contributed by atoms with Crippen molar-refractivity contribution in [3.63, 3.8) is 0 Å². The number of oxime groups is 1. The Balaban J connectivity index is 1.26. The molecule has 1 aromatic rings. The summed E-state index contributed by atoms with van der Waals surface area (Å²) in [4.78, 5) is 5.51. The molecule has 32 heavy (non-hydrogen) atoms. The van der Waals surface area contributed by atoms with Crippen LogP contribution in [0.5, 0.6) is 5.75 Å². The summed E-state index contributed by atoms with van der Waals surface area (Å²) in [6.07, 6.45) is 5.36. The van der Waals surface area contributed by atoms with Gasteiger partial charge in [0.1, 0.15) is 0 Å². The minimum Gasteiger partial charge on any atom is -0.393 e. The van der Waals surface area contributed by atoms with Crippen LogP contribution in [0.2, 0.25) is 0 Å². The van der Waals surface area contributed by atoms with Crippen molar-refractivity contribution in [1.29, 1.82) is 0 Å². The molecule has 0 saturated heterocycles. The van der Waals surface area contributed by atoms with E-state index in [2.05, 4.69) is 19.0 Å². The molecule has 1 aromatic carbocycles. The second kappa shape index (κ2) is 7.75. The van der Waals surface area contributed by atoms with E-state index in [4.69, 9.17) is 4.84 Å². The van der Waals surface area contributed by atoms with Crippen molar-refractivity contribution in [3.05, 3.63) is 29.8 Å². The lowest BCUT2D eigenvalue weighted by atomic mass is 9.45. The molecule has 4 aliphatic carbocycles. The van der Waals surface area contributed by atoms with Gasteiger partial charge in [-0.1, -0.05) is 19.0 Å². The number of benzene rings is 1. The first-order chi connectivity index (χ1) is 15.1. The number of hydrogen-bond acceptors (Lipinski definition) is 3. The molecule has 4 fully saturated rings. The summed E-state index contributed by atoms with van der Waals surface area (Å²) in [5.41, 5.74) is 0.774. The van der Waals surface area contributed by atoms with Gasteiger partial charge in [-0.3, -0.25) is 0 Å². The molecular formula is C26H34F3NO2. The van der Waals surface area contributed by atoms with Crippen molar-refractivity contribution < 1.29 is 23.1 Å². The smallest absolute Gasteiger partial charge is 0.393 e. The van der Waals surface area contributed by atoms with E-state index >= 15 is 0 Å². The van der Waals surface area contributed by atoms with Gasteiger partial charge < -0.3 is 9.94 Å². The highest BCUT2D eigenvalue weighted by Crippen LogP contribution is 2.66. The third-order valence-electron chi connectivity index (χ3n) is 9.91. The molecule has 0 aliphatic heterocycles. The molecule has 1 N–H and O–H groups in total. The Morgan fingerprint density at radius 1 is 0.938 bits per heavy atom. The number of nitrogens with zero attached hydrogens (tertiary/aromatic N) is 1. The number of aliphatic hydroxyl groups excluding tert-OH is 1. The average molecular weight is 450 g/mol. The minimum absolute atomic E-state index is 0.112. The lowest BCUT2D eigenvalue weighted by molar-refractivity contribution is -0.137.